The summed E-state index contributed by atoms with van der Waals surface area (Å²) in [5.74, 6) is 0.0469. The summed E-state index contributed by atoms with van der Waals surface area (Å²) in [5.41, 5.74) is 7.55. The van der Waals surface area contributed by atoms with E-state index in [4.69, 9.17) is 5.73 Å². The molecule has 0 saturated carbocycles. The summed E-state index contributed by atoms with van der Waals surface area (Å²) in [6.45, 7) is 3.33. The zero-order chi connectivity index (χ0) is 11.7. The van der Waals surface area contributed by atoms with Crippen molar-refractivity contribution in [3.05, 3.63) is 22.7 Å². The van der Waals surface area contributed by atoms with Crippen LogP contribution in [0.4, 0.5) is 11.4 Å². The van der Waals surface area contributed by atoms with Gasteiger partial charge in [-0.15, -0.1) is 0 Å². The van der Waals surface area contributed by atoms with Gasteiger partial charge >= 0.3 is 0 Å². The third kappa shape index (κ3) is 2.00. The summed E-state index contributed by atoms with van der Waals surface area (Å²) in [5, 5.41) is 2.83. The molecule has 4 nitrogen and oxygen atoms in total. The van der Waals surface area contributed by atoms with Crippen molar-refractivity contribution in [2.45, 2.75) is 13.0 Å². The van der Waals surface area contributed by atoms with Crippen LogP contribution in [0.5, 0.6) is 0 Å². The maximum Gasteiger partial charge on any atom is 0.242 e. The first-order chi connectivity index (χ1) is 7.59. The first-order valence-corrected chi connectivity index (χ1v) is 5.98. The fourth-order valence-corrected chi connectivity index (χ4v) is 2.23. The Bertz CT molecular complexity index is 422. The highest BCUT2D eigenvalue weighted by atomic mass is 79.9. The lowest BCUT2D eigenvalue weighted by molar-refractivity contribution is -0.122. The summed E-state index contributed by atoms with van der Waals surface area (Å²) < 4.78 is 0.967. The average Bonchev–Trinajstić information content (AvgIpc) is 2.26. The van der Waals surface area contributed by atoms with Crippen LogP contribution in [0.1, 0.15) is 6.92 Å². The van der Waals surface area contributed by atoms with Crippen LogP contribution in [0, 0.1) is 0 Å². The fourth-order valence-electron chi connectivity index (χ4n) is 1.88. The van der Waals surface area contributed by atoms with E-state index < -0.39 is 0 Å². The van der Waals surface area contributed by atoms with Gasteiger partial charge in [0.15, 0.2) is 0 Å². The Morgan fingerprint density at radius 1 is 1.56 bits per heavy atom. The third-order valence-electron chi connectivity index (χ3n) is 2.80. The number of nitrogens with two attached hydrogens (primary N) is 1. The van der Waals surface area contributed by atoms with E-state index >= 15 is 0 Å². The summed E-state index contributed by atoms with van der Waals surface area (Å²) >= 11 is 3.42. The van der Waals surface area contributed by atoms with Crippen molar-refractivity contribution in [2.75, 3.05) is 23.7 Å². The summed E-state index contributed by atoms with van der Waals surface area (Å²) in [6.07, 6.45) is 0. The predicted octanol–water partition coefficient (Wildman–Crippen LogP) is 1.36. The average molecular weight is 284 g/mol. The number of hydrogen-bond acceptors (Lipinski definition) is 3. The van der Waals surface area contributed by atoms with Crippen molar-refractivity contribution in [3.63, 3.8) is 0 Å². The Morgan fingerprint density at radius 2 is 2.31 bits per heavy atom. The number of nitrogen functional groups attached to an aromatic ring is 1. The second-order valence-electron chi connectivity index (χ2n) is 3.86. The van der Waals surface area contributed by atoms with E-state index in [2.05, 4.69) is 21.2 Å². The minimum absolute atomic E-state index is 0.0469. The van der Waals surface area contributed by atoms with Gasteiger partial charge in [0.1, 0.15) is 6.04 Å². The van der Waals surface area contributed by atoms with Gasteiger partial charge in [-0.25, -0.2) is 0 Å². The molecule has 86 valence electrons. The number of piperazine rings is 1. The molecule has 1 fully saturated rings. The van der Waals surface area contributed by atoms with E-state index in [1.807, 2.05) is 30.0 Å². The monoisotopic (exact) mass is 283 g/mol. The summed E-state index contributed by atoms with van der Waals surface area (Å²) in [7, 11) is 0. The zero-order valence-electron chi connectivity index (χ0n) is 9.03. The highest BCUT2D eigenvalue weighted by Crippen LogP contribution is 2.29. The van der Waals surface area contributed by atoms with Gasteiger partial charge in [-0.2, -0.15) is 0 Å². The molecule has 1 atom stereocenters. The van der Waals surface area contributed by atoms with E-state index in [0.717, 1.165) is 16.7 Å². The van der Waals surface area contributed by atoms with Crippen molar-refractivity contribution in [2.24, 2.45) is 0 Å². The van der Waals surface area contributed by atoms with Crippen LogP contribution in [0.2, 0.25) is 0 Å². The van der Waals surface area contributed by atoms with E-state index in [-0.39, 0.29) is 11.9 Å². The van der Waals surface area contributed by atoms with Gasteiger partial charge in [0.25, 0.3) is 0 Å². The Labute approximate surface area is 103 Å². The van der Waals surface area contributed by atoms with Crippen LogP contribution in [-0.4, -0.2) is 25.0 Å². The summed E-state index contributed by atoms with van der Waals surface area (Å²) in [4.78, 5) is 13.6. The number of benzene rings is 1. The molecule has 1 amide bonds. The minimum atomic E-state index is -0.176. The lowest BCUT2D eigenvalue weighted by atomic mass is 10.1. The van der Waals surface area contributed by atoms with Crippen molar-refractivity contribution < 1.29 is 4.79 Å². The molecule has 0 bridgehead atoms. The maximum atomic E-state index is 11.6. The van der Waals surface area contributed by atoms with E-state index in [1.165, 1.54) is 0 Å². The van der Waals surface area contributed by atoms with Crippen LogP contribution in [0.25, 0.3) is 0 Å². The van der Waals surface area contributed by atoms with Crippen molar-refractivity contribution in [1.82, 2.24) is 5.32 Å². The quantitative estimate of drug-likeness (QED) is 0.765. The van der Waals surface area contributed by atoms with Crippen molar-refractivity contribution >= 4 is 33.2 Å². The van der Waals surface area contributed by atoms with Gasteiger partial charge in [0.2, 0.25) is 5.91 Å². The van der Waals surface area contributed by atoms with E-state index in [9.17, 15) is 4.79 Å². The van der Waals surface area contributed by atoms with Crippen LogP contribution >= 0.6 is 15.9 Å². The molecule has 1 aliphatic heterocycles. The zero-order valence-corrected chi connectivity index (χ0v) is 10.6. The lowest BCUT2D eigenvalue weighted by Crippen LogP contribution is -2.54. The normalized spacial score (nSPS) is 20.8. The van der Waals surface area contributed by atoms with Gasteiger partial charge in [0, 0.05) is 17.6 Å². The standard InChI is InChI=1S/C11H14BrN3O/c1-7-11(16)14-4-5-15(7)10-6-8(12)2-3-9(10)13/h2-3,6-7H,4-5,13H2,1H3,(H,14,16). The van der Waals surface area contributed by atoms with E-state index in [0.29, 0.717) is 12.2 Å². The second-order valence-corrected chi connectivity index (χ2v) is 4.78. The van der Waals surface area contributed by atoms with Gasteiger partial charge in [0.05, 0.1) is 11.4 Å². The Kier molecular flexibility index (Phi) is 3.05. The molecular formula is C11H14BrN3O. The number of amides is 1. The minimum Gasteiger partial charge on any atom is -0.397 e. The number of halogens is 1. The van der Waals surface area contributed by atoms with E-state index in [1.54, 1.807) is 0 Å². The molecule has 5 heteroatoms. The van der Waals surface area contributed by atoms with Crippen LogP contribution in [0.15, 0.2) is 22.7 Å². The molecule has 16 heavy (non-hydrogen) atoms. The fraction of sp³-hybridized carbons (Fsp3) is 0.364. The van der Waals surface area contributed by atoms with Crippen molar-refractivity contribution in [3.8, 4) is 0 Å². The molecule has 1 aromatic rings. The number of carbonyl (C=O) groups is 1. The van der Waals surface area contributed by atoms with Crippen LogP contribution in [0.3, 0.4) is 0 Å². The SMILES string of the molecule is CC1C(=O)NCCN1c1cc(Br)ccc1N. The number of anilines is 2. The number of nitrogens with zero attached hydrogens (tertiary/aromatic N) is 1. The molecule has 1 heterocycles. The van der Waals surface area contributed by atoms with Crippen LogP contribution in [-0.2, 0) is 4.79 Å². The molecule has 2 rings (SSSR count). The molecule has 0 aromatic heterocycles. The molecule has 0 aliphatic carbocycles. The topological polar surface area (TPSA) is 58.4 Å². The van der Waals surface area contributed by atoms with Crippen LogP contribution < -0.4 is 16.0 Å². The predicted molar refractivity (Wildman–Crippen MR) is 68.4 cm³/mol. The van der Waals surface area contributed by atoms with Gasteiger partial charge in [-0.1, -0.05) is 15.9 Å². The van der Waals surface area contributed by atoms with Gasteiger partial charge < -0.3 is 16.0 Å². The Balaban J connectivity index is 2.35. The number of nitrogens with one attached hydrogen (secondary N) is 1. The largest absolute Gasteiger partial charge is 0.397 e. The smallest absolute Gasteiger partial charge is 0.242 e. The molecule has 0 radical (unpaired) electrons. The lowest BCUT2D eigenvalue weighted by Gasteiger charge is -2.35. The first-order valence-electron chi connectivity index (χ1n) is 5.19. The molecule has 1 saturated heterocycles. The molecule has 1 aromatic carbocycles. The first kappa shape index (κ1) is 11.3. The second kappa shape index (κ2) is 4.33. The molecule has 3 N–H and O–H groups in total. The highest BCUT2D eigenvalue weighted by molar-refractivity contribution is 9.10. The third-order valence-corrected chi connectivity index (χ3v) is 3.29. The number of carbonyl (C=O) groups excluding carboxylic acids is 1. The maximum absolute atomic E-state index is 11.6. The van der Waals surface area contributed by atoms with Gasteiger partial charge in [-0.3, -0.25) is 4.79 Å². The molecule has 0 spiro atoms. The van der Waals surface area contributed by atoms with Gasteiger partial charge in [-0.05, 0) is 25.1 Å². The Hall–Kier alpha value is -1.23. The molecular weight excluding hydrogens is 270 g/mol. The Morgan fingerprint density at radius 3 is 3.06 bits per heavy atom. The number of rotatable bonds is 1. The van der Waals surface area contributed by atoms with Crippen molar-refractivity contribution in [1.29, 1.82) is 0 Å². The number of hydrogen-bond donors (Lipinski definition) is 2. The summed E-state index contributed by atoms with van der Waals surface area (Å²) in [6, 6.07) is 5.52. The highest BCUT2D eigenvalue weighted by Gasteiger charge is 2.26. The molecule has 1 aliphatic rings. The molecule has 1 unspecified atom stereocenters.